The third-order valence-electron chi connectivity index (χ3n) is 4.71. The van der Waals surface area contributed by atoms with Crippen molar-refractivity contribution in [1.29, 1.82) is 0 Å². The van der Waals surface area contributed by atoms with Crippen molar-refractivity contribution >= 4 is 21.2 Å². The molecule has 7 heteroatoms. The minimum absolute atomic E-state index is 0.0434. The number of likely N-dealkylation sites (N-methyl/N-ethyl adjacent to an activating group) is 1. The van der Waals surface area contributed by atoms with E-state index in [0.29, 0.717) is 5.69 Å². The van der Waals surface area contributed by atoms with Gasteiger partial charge in [0.05, 0.1) is 15.5 Å². The van der Waals surface area contributed by atoms with Crippen LogP contribution in [0.1, 0.15) is 6.42 Å². The molecule has 0 atom stereocenters. The van der Waals surface area contributed by atoms with Gasteiger partial charge in [-0.3, -0.25) is 0 Å². The quantitative estimate of drug-likeness (QED) is 0.888. The predicted octanol–water partition coefficient (Wildman–Crippen LogP) is 2.84. The Hall–Kier alpha value is -2.12. The number of benzene rings is 2. The summed E-state index contributed by atoms with van der Waals surface area (Å²) in [7, 11) is 0.00574. The Morgan fingerprint density at radius 1 is 1.04 bits per heavy atom. The van der Waals surface area contributed by atoms with Gasteiger partial charge in [0.15, 0.2) is 0 Å². The van der Waals surface area contributed by atoms with Crippen LogP contribution in [0.3, 0.4) is 0 Å². The maximum Gasteiger partial charge on any atom is 0.208 e. The highest BCUT2D eigenvalue weighted by atomic mass is 32.2. The lowest BCUT2D eigenvalue weighted by atomic mass is 10.2. The molecule has 0 radical (unpaired) electrons. The molecule has 1 N–H and O–H groups in total. The van der Waals surface area contributed by atoms with E-state index in [0.717, 1.165) is 44.4 Å². The van der Waals surface area contributed by atoms with Crippen LogP contribution in [0.25, 0.3) is 0 Å². The van der Waals surface area contributed by atoms with Gasteiger partial charge in [0.1, 0.15) is 5.82 Å². The van der Waals surface area contributed by atoms with Crippen molar-refractivity contribution in [2.24, 2.45) is 0 Å². The molecule has 2 aromatic rings. The van der Waals surface area contributed by atoms with Gasteiger partial charge in [-0.2, -0.15) is 0 Å². The van der Waals surface area contributed by atoms with E-state index in [9.17, 15) is 12.8 Å². The van der Waals surface area contributed by atoms with Crippen molar-refractivity contribution in [3.05, 3.63) is 48.3 Å². The Bertz CT molecular complexity index is 886. The molecule has 5 nitrogen and oxygen atoms in total. The third-order valence-corrected chi connectivity index (χ3v) is 6.52. The molecule has 0 aromatic heterocycles. The number of hydrogen-bond donors (Lipinski definition) is 1. The van der Waals surface area contributed by atoms with Crippen LogP contribution < -0.4 is 10.2 Å². The second-order valence-corrected chi connectivity index (χ2v) is 8.45. The van der Waals surface area contributed by atoms with Gasteiger partial charge in [0.2, 0.25) is 9.84 Å². The van der Waals surface area contributed by atoms with Gasteiger partial charge in [-0.25, -0.2) is 12.8 Å². The zero-order chi connectivity index (χ0) is 18.7. The monoisotopic (exact) mass is 377 g/mol. The standard InChI is InChI=1S/C19H24FN3O2S/c1-21-18-14-16(23-10-4-9-22(2)11-12-23)7-8-19(18)26(24,25)17-6-3-5-15(20)13-17/h3,5-8,13-14,21H,4,9-12H2,1-2H3. The Morgan fingerprint density at radius 3 is 2.58 bits per heavy atom. The molecule has 0 spiro atoms. The van der Waals surface area contributed by atoms with Crippen molar-refractivity contribution in [2.75, 3.05) is 50.5 Å². The minimum Gasteiger partial charge on any atom is -0.387 e. The maximum absolute atomic E-state index is 13.5. The van der Waals surface area contributed by atoms with Crippen molar-refractivity contribution in [2.45, 2.75) is 16.2 Å². The van der Waals surface area contributed by atoms with Gasteiger partial charge in [-0.1, -0.05) is 6.07 Å². The summed E-state index contributed by atoms with van der Waals surface area (Å²) in [4.78, 5) is 4.67. The van der Waals surface area contributed by atoms with Crippen molar-refractivity contribution in [3.63, 3.8) is 0 Å². The first-order valence-electron chi connectivity index (χ1n) is 8.68. The van der Waals surface area contributed by atoms with Crippen LogP contribution in [0.5, 0.6) is 0 Å². The lowest BCUT2D eigenvalue weighted by Crippen LogP contribution is -2.28. The van der Waals surface area contributed by atoms with Crippen LogP contribution in [0.2, 0.25) is 0 Å². The zero-order valence-corrected chi connectivity index (χ0v) is 15.9. The van der Waals surface area contributed by atoms with Crippen molar-refractivity contribution in [3.8, 4) is 0 Å². The van der Waals surface area contributed by atoms with Crippen LogP contribution in [0.15, 0.2) is 52.3 Å². The molecular formula is C19H24FN3O2S. The Kier molecular flexibility index (Phi) is 5.48. The molecule has 0 unspecified atom stereocenters. The van der Waals surface area contributed by atoms with Crippen LogP contribution in [0, 0.1) is 5.82 Å². The lowest BCUT2D eigenvalue weighted by Gasteiger charge is -2.24. The van der Waals surface area contributed by atoms with Gasteiger partial charge in [-0.05, 0) is 56.4 Å². The molecule has 1 aliphatic heterocycles. The third kappa shape index (κ3) is 3.83. The average Bonchev–Trinajstić information content (AvgIpc) is 2.85. The number of hydrogen-bond acceptors (Lipinski definition) is 5. The fourth-order valence-electron chi connectivity index (χ4n) is 3.21. The van der Waals surface area contributed by atoms with Gasteiger partial charge in [0, 0.05) is 32.4 Å². The summed E-state index contributed by atoms with van der Waals surface area (Å²) in [5.74, 6) is -0.567. The zero-order valence-electron chi connectivity index (χ0n) is 15.1. The van der Waals surface area contributed by atoms with Gasteiger partial charge in [-0.15, -0.1) is 0 Å². The van der Waals surface area contributed by atoms with E-state index in [-0.39, 0.29) is 9.79 Å². The molecule has 1 fully saturated rings. The number of rotatable bonds is 4. The Balaban J connectivity index is 1.96. The van der Waals surface area contributed by atoms with E-state index in [2.05, 4.69) is 22.2 Å². The highest BCUT2D eigenvalue weighted by Gasteiger charge is 2.23. The highest BCUT2D eigenvalue weighted by molar-refractivity contribution is 7.91. The molecule has 1 saturated heterocycles. The maximum atomic E-state index is 13.5. The summed E-state index contributed by atoms with van der Waals surface area (Å²) in [6.07, 6.45) is 1.06. The average molecular weight is 377 g/mol. The Labute approximate surface area is 154 Å². The van der Waals surface area contributed by atoms with Gasteiger partial charge < -0.3 is 15.1 Å². The normalized spacial score (nSPS) is 16.3. The van der Waals surface area contributed by atoms with Crippen molar-refractivity contribution in [1.82, 2.24) is 4.90 Å². The number of nitrogens with one attached hydrogen (secondary N) is 1. The number of sulfone groups is 1. The lowest BCUT2D eigenvalue weighted by molar-refractivity contribution is 0.360. The topological polar surface area (TPSA) is 52.6 Å². The largest absolute Gasteiger partial charge is 0.387 e. The number of nitrogens with zero attached hydrogens (tertiary/aromatic N) is 2. The van der Waals surface area contributed by atoms with Gasteiger partial charge >= 0.3 is 0 Å². The second kappa shape index (κ2) is 7.63. The van der Waals surface area contributed by atoms with E-state index in [4.69, 9.17) is 0 Å². The molecule has 3 rings (SSSR count). The molecule has 26 heavy (non-hydrogen) atoms. The molecule has 0 saturated carbocycles. The van der Waals surface area contributed by atoms with E-state index in [1.807, 2.05) is 12.1 Å². The summed E-state index contributed by atoms with van der Waals surface area (Å²) in [6, 6.07) is 10.4. The first-order valence-corrected chi connectivity index (χ1v) is 10.2. The summed E-state index contributed by atoms with van der Waals surface area (Å²) in [6.45, 7) is 3.86. The first kappa shape index (κ1) is 18.7. The summed E-state index contributed by atoms with van der Waals surface area (Å²) < 4.78 is 39.3. The van der Waals surface area contributed by atoms with Crippen LogP contribution in [-0.4, -0.2) is 53.6 Å². The van der Waals surface area contributed by atoms with Crippen LogP contribution in [-0.2, 0) is 9.84 Å². The number of halogens is 1. The highest BCUT2D eigenvalue weighted by Crippen LogP contribution is 2.31. The van der Waals surface area contributed by atoms with Crippen LogP contribution >= 0.6 is 0 Å². The van der Waals surface area contributed by atoms with Crippen LogP contribution in [0.4, 0.5) is 15.8 Å². The molecule has 0 aliphatic carbocycles. The smallest absolute Gasteiger partial charge is 0.208 e. The molecule has 1 aliphatic rings. The van der Waals surface area contributed by atoms with E-state index < -0.39 is 15.7 Å². The van der Waals surface area contributed by atoms with Crippen molar-refractivity contribution < 1.29 is 12.8 Å². The first-order chi connectivity index (χ1) is 12.4. The molecule has 1 heterocycles. The molecule has 2 aromatic carbocycles. The summed E-state index contributed by atoms with van der Waals surface area (Å²) in [5.41, 5.74) is 1.51. The fraction of sp³-hybridized carbons (Fsp3) is 0.368. The fourth-order valence-corrected chi connectivity index (χ4v) is 4.69. The summed E-state index contributed by atoms with van der Waals surface area (Å²) >= 11 is 0. The minimum atomic E-state index is -3.80. The van der Waals surface area contributed by atoms with E-state index in [1.54, 1.807) is 13.1 Å². The van der Waals surface area contributed by atoms with E-state index >= 15 is 0 Å². The SMILES string of the molecule is CNc1cc(N2CCCN(C)CC2)ccc1S(=O)(=O)c1cccc(F)c1. The molecule has 140 valence electrons. The molecule has 0 amide bonds. The van der Waals surface area contributed by atoms with E-state index in [1.165, 1.54) is 18.2 Å². The summed E-state index contributed by atoms with van der Waals surface area (Å²) in [5, 5.41) is 2.98. The second-order valence-electron chi connectivity index (χ2n) is 6.54. The van der Waals surface area contributed by atoms with Gasteiger partial charge in [0.25, 0.3) is 0 Å². The molecule has 0 bridgehead atoms. The predicted molar refractivity (Wildman–Crippen MR) is 102 cm³/mol. The molecular weight excluding hydrogens is 353 g/mol. The Morgan fingerprint density at radius 2 is 1.85 bits per heavy atom. The number of anilines is 2.